The maximum absolute atomic E-state index is 12.4. The molecule has 0 bridgehead atoms. The van der Waals surface area contributed by atoms with Crippen LogP contribution in [0.5, 0.6) is 0 Å². The molecule has 5 heteroatoms. The average molecular weight is 288 g/mol. The molecule has 5 nitrogen and oxygen atoms in total. The number of rotatable bonds is 3. The maximum atomic E-state index is 12.4. The molecule has 0 aromatic heterocycles. The van der Waals surface area contributed by atoms with E-state index >= 15 is 0 Å². The number of benzene rings is 1. The molecule has 0 spiro atoms. The summed E-state index contributed by atoms with van der Waals surface area (Å²) >= 11 is 0. The Labute approximate surface area is 122 Å². The number of esters is 2. The minimum atomic E-state index is -1.38. The molecule has 2 atom stereocenters. The fourth-order valence-electron chi connectivity index (χ4n) is 3.26. The van der Waals surface area contributed by atoms with Crippen molar-refractivity contribution in [1.82, 2.24) is 0 Å². The quantitative estimate of drug-likeness (QED) is 0.630. The highest BCUT2D eigenvalue weighted by molar-refractivity contribution is 6.07. The van der Waals surface area contributed by atoms with Crippen molar-refractivity contribution in [3.8, 4) is 0 Å². The minimum absolute atomic E-state index is 0.191. The number of ketones is 1. The number of hydrogen-bond acceptors (Lipinski definition) is 5. The molecule has 0 amide bonds. The molecule has 1 fully saturated rings. The third kappa shape index (κ3) is 1.87. The van der Waals surface area contributed by atoms with Crippen LogP contribution in [0.4, 0.5) is 0 Å². The van der Waals surface area contributed by atoms with Crippen LogP contribution in [0, 0.1) is 5.41 Å². The second-order valence-corrected chi connectivity index (χ2v) is 5.34. The summed E-state index contributed by atoms with van der Waals surface area (Å²) in [6.07, 6.45) is 0.412. The lowest BCUT2D eigenvalue weighted by atomic mass is 9.76. The molecule has 110 valence electrons. The molecule has 1 aromatic carbocycles. The predicted molar refractivity (Wildman–Crippen MR) is 72.5 cm³/mol. The van der Waals surface area contributed by atoms with Gasteiger partial charge in [0.1, 0.15) is 0 Å². The van der Waals surface area contributed by atoms with E-state index in [0.29, 0.717) is 30.4 Å². The highest BCUT2D eigenvalue weighted by Crippen LogP contribution is 2.51. The van der Waals surface area contributed by atoms with Crippen LogP contribution >= 0.6 is 0 Å². The third-order valence-corrected chi connectivity index (χ3v) is 4.25. The van der Waals surface area contributed by atoms with Crippen molar-refractivity contribution < 1.29 is 23.9 Å². The Morgan fingerprint density at radius 1 is 1.38 bits per heavy atom. The topological polar surface area (TPSA) is 69.7 Å². The van der Waals surface area contributed by atoms with E-state index in [1.54, 1.807) is 31.2 Å². The van der Waals surface area contributed by atoms with E-state index in [9.17, 15) is 14.4 Å². The Balaban J connectivity index is 2.09. The molecule has 2 unspecified atom stereocenters. The van der Waals surface area contributed by atoms with E-state index in [1.807, 2.05) is 0 Å². The number of ether oxygens (including phenoxy) is 2. The molecule has 1 saturated carbocycles. The van der Waals surface area contributed by atoms with Crippen LogP contribution in [0.1, 0.15) is 48.2 Å². The van der Waals surface area contributed by atoms with Gasteiger partial charge in [-0.15, -0.1) is 0 Å². The van der Waals surface area contributed by atoms with Gasteiger partial charge in [-0.3, -0.25) is 9.59 Å². The van der Waals surface area contributed by atoms with Gasteiger partial charge in [-0.2, -0.15) is 0 Å². The smallest absolute Gasteiger partial charge is 0.339 e. The number of Topliss-reactive ketones (excluding diaryl/α,β-unsaturated/α-hetero) is 1. The monoisotopic (exact) mass is 288 g/mol. The first-order chi connectivity index (χ1) is 10.1. The van der Waals surface area contributed by atoms with Crippen LogP contribution in [0.2, 0.25) is 0 Å². The maximum Gasteiger partial charge on any atom is 0.339 e. The summed E-state index contributed by atoms with van der Waals surface area (Å²) in [5.74, 6) is -1.27. The standard InChI is InChI=1S/C16H16O5/c1-2-20-15(19)16(9-5-8-12(16)17)13-10-6-3-4-7-11(10)14(18)21-13/h3-4,6-7,13H,2,5,8-9H2,1H3. The Kier molecular flexibility index (Phi) is 3.27. The van der Waals surface area contributed by atoms with Gasteiger partial charge >= 0.3 is 11.9 Å². The van der Waals surface area contributed by atoms with Crippen molar-refractivity contribution >= 4 is 17.7 Å². The molecule has 0 saturated heterocycles. The van der Waals surface area contributed by atoms with E-state index < -0.39 is 23.5 Å². The van der Waals surface area contributed by atoms with Gasteiger partial charge in [0.05, 0.1) is 12.2 Å². The molecule has 1 aliphatic carbocycles. The number of carbonyl (C=O) groups excluding carboxylic acids is 3. The highest BCUT2D eigenvalue weighted by atomic mass is 16.6. The fraction of sp³-hybridized carbons (Fsp3) is 0.438. The van der Waals surface area contributed by atoms with Gasteiger partial charge < -0.3 is 9.47 Å². The van der Waals surface area contributed by atoms with Gasteiger partial charge in [-0.25, -0.2) is 4.79 Å². The molecule has 1 aromatic rings. The molecule has 2 aliphatic rings. The lowest BCUT2D eigenvalue weighted by molar-refractivity contribution is -0.166. The molecule has 3 rings (SSSR count). The molecular weight excluding hydrogens is 272 g/mol. The zero-order valence-electron chi connectivity index (χ0n) is 11.8. The van der Waals surface area contributed by atoms with Crippen molar-refractivity contribution in [2.75, 3.05) is 6.61 Å². The Morgan fingerprint density at radius 3 is 2.81 bits per heavy atom. The molecular formula is C16H16O5. The van der Waals surface area contributed by atoms with E-state index in [0.717, 1.165) is 0 Å². The normalized spacial score (nSPS) is 27.4. The van der Waals surface area contributed by atoms with Crippen LogP contribution in [0.25, 0.3) is 0 Å². The van der Waals surface area contributed by atoms with Crippen LogP contribution in [-0.2, 0) is 19.1 Å². The SMILES string of the molecule is CCOC(=O)C1(C2OC(=O)c3ccccc32)CCCC1=O. The summed E-state index contributed by atoms with van der Waals surface area (Å²) in [5.41, 5.74) is -0.352. The minimum Gasteiger partial charge on any atom is -0.465 e. The number of cyclic esters (lactones) is 1. The van der Waals surface area contributed by atoms with E-state index in [2.05, 4.69) is 0 Å². The van der Waals surface area contributed by atoms with Crippen LogP contribution in [-0.4, -0.2) is 24.3 Å². The largest absolute Gasteiger partial charge is 0.465 e. The summed E-state index contributed by atoms with van der Waals surface area (Å²) in [6, 6.07) is 6.88. The van der Waals surface area contributed by atoms with Gasteiger partial charge in [0.25, 0.3) is 0 Å². The summed E-state index contributed by atoms with van der Waals surface area (Å²) < 4.78 is 10.5. The zero-order chi connectivity index (χ0) is 15.0. The second-order valence-electron chi connectivity index (χ2n) is 5.34. The second kappa shape index (κ2) is 4.98. The summed E-state index contributed by atoms with van der Waals surface area (Å²) in [5, 5.41) is 0. The predicted octanol–water partition coefficient (Wildman–Crippen LogP) is 2.20. The highest BCUT2D eigenvalue weighted by Gasteiger charge is 2.60. The van der Waals surface area contributed by atoms with Crippen molar-refractivity contribution in [2.24, 2.45) is 5.41 Å². The number of carbonyl (C=O) groups is 3. The van der Waals surface area contributed by atoms with Gasteiger partial charge in [0.15, 0.2) is 17.3 Å². The third-order valence-electron chi connectivity index (χ3n) is 4.25. The first kappa shape index (κ1) is 13.8. The summed E-state index contributed by atoms with van der Waals surface area (Å²) in [4.78, 5) is 36.8. The van der Waals surface area contributed by atoms with Gasteiger partial charge in [0.2, 0.25) is 0 Å². The van der Waals surface area contributed by atoms with Crippen molar-refractivity contribution in [1.29, 1.82) is 0 Å². The fourth-order valence-corrected chi connectivity index (χ4v) is 3.26. The Bertz CT molecular complexity index is 621. The first-order valence-electron chi connectivity index (χ1n) is 7.11. The lowest BCUT2D eigenvalue weighted by Crippen LogP contribution is -2.42. The van der Waals surface area contributed by atoms with Crippen molar-refractivity contribution in [2.45, 2.75) is 32.3 Å². The first-order valence-corrected chi connectivity index (χ1v) is 7.11. The van der Waals surface area contributed by atoms with Gasteiger partial charge in [-0.05, 0) is 25.8 Å². The molecule has 0 N–H and O–H groups in total. The number of fused-ring (bicyclic) bond motifs is 1. The van der Waals surface area contributed by atoms with Crippen LogP contribution in [0.3, 0.4) is 0 Å². The molecule has 0 radical (unpaired) electrons. The molecule has 21 heavy (non-hydrogen) atoms. The Morgan fingerprint density at radius 2 is 2.14 bits per heavy atom. The average Bonchev–Trinajstić information content (AvgIpc) is 3.02. The van der Waals surface area contributed by atoms with Crippen molar-refractivity contribution in [3.63, 3.8) is 0 Å². The van der Waals surface area contributed by atoms with Gasteiger partial charge in [-0.1, -0.05) is 18.2 Å². The van der Waals surface area contributed by atoms with Crippen LogP contribution < -0.4 is 0 Å². The van der Waals surface area contributed by atoms with Crippen LogP contribution in [0.15, 0.2) is 24.3 Å². The van der Waals surface area contributed by atoms with Gasteiger partial charge in [0, 0.05) is 12.0 Å². The van der Waals surface area contributed by atoms with E-state index in [1.165, 1.54) is 0 Å². The number of hydrogen-bond donors (Lipinski definition) is 0. The van der Waals surface area contributed by atoms with E-state index in [4.69, 9.17) is 9.47 Å². The molecule has 1 heterocycles. The Hall–Kier alpha value is -2.17. The summed E-state index contributed by atoms with van der Waals surface area (Å²) in [7, 11) is 0. The zero-order valence-corrected chi connectivity index (χ0v) is 11.8. The van der Waals surface area contributed by atoms with E-state index in [-0.39, 0.29) is 12.4 Å². The molecule has 1 aliphatic heterocycles. The lowest BCUT2D eigenvalue weighted by Gasteiger charge is -2.30. The van der Waals surface area contributed by atoms with Crippen molar-refractivity contribution in [3.05, 3.63) is 35.4 Å². The summed E-state index contributed by atoms with van der Waals surface area (Å²) in [6.45, 7) is 1.88.